The number of amides is 1. The summed E-state index contributed by atoms with van der Waals surface area (Å²) < 4.78 is 22.4. The third-order valence-electron chi connectivity index (χ3n) is 4.69. The second kappa shape index (κ2) is 11.1. The number of methoxy groups -OCH3 is 1. The van der Waals surface area contributed by atoms with Gasteiger partial charge in [-0.1, -0.05) is 0 Å². The highest BCUT2D eigenvalue weighted by atomic mass is 28.4. The zero-order valence-corrected chi connectivity index (χ0v) is 17.5. The van der Waals surface area contributed by atoms with Gasteiger partial charge in [0.05, 0.1) is 31.8 Å². The Balaban J connectivity index is 1.41. The fourth-order valence-corrected chi connectivity index (χ4v) is 6.62. The van der Waals surface area contributed by atoms with E-state index in [9.17, 15) is 9.59 Å². The van der Waals surface area contributed by atoms with Crippen LogP contribution in [0, 0.1) is 0 Å². The molecule has 156 valence electrons. The molecule has 0 radical (unpaired) electrons. The molecule has 2 aliphatic heterocycles. The highest BCUT2D eigenvalue weighted by molar-refractivity contribution is 6.62. The van der Waals surface area contributed by atoms with Crippen molar-refractivity contribution in [2.45, 2.75) is 57.5 Å². The van der Waals surface area contributed by atoms with Crippen LogP contribution in [0.15, 0.2) is 0 Å². The minimum Gasteiger partial charge on any atom is -0.469 e. The van der Waals surface area contributed by atoms with Crippen molar-refractivity contribution in [1.29, 1.82) is 0 Å². The van der Waals surface area contributed by atoms with E-state index in [1.807, 2.05) is 13.8 Å². The van der Waals surface area contributed by atoms with Crippen LogP contribution in [0.25, 0.3) is 0 Å². The van der Waals surface area contributed by atoms with E-state index in [0.717, 1.165) is 19.0 Å². The monoisotopic (exact) mass is 403 g/mol. The third kappa shape index (κ3) is 7.13. The number of rotatable bonds is 13. The molecule has 0 saturated carbocycles. The summed E-state index contributed by atoms with van der Waals surface area (Å²) in [5.74, 6) is -0.230. The van der Waals surface area contributed by atoms with Gasteiger partial charge in [-0.15, -0.1) is 0 Å². The van der Waals surface area contributed by atoms with Gasteiger partial charge in [-0.25, -0.2) is 0 Å². The van der Waals surface area contributed by atoms with Crippen molar-refractivity contribution in [1.82, 2.24) is 16.0 Å². The summed E-state index contributed by atoms with van der Waals surface area (Å²) in [4.78, 5) is 22.7. The van der Waals surface area contributed by atoms with Gasteiger partial charge in [0.25, 0.3) is 0 Å². The third-order valence-corrected chi connectivity index (χ3v) is 7.75. The summed E-state index contributed by atoms with van der Waals surface area (Å²) in [5.41, 5.74) is 0. The number of ether oxygens (including phenoxy) is 1. The Hall–Kier alpha value is -1.04. The van der Waals surface area contributed by atoms with Gasteiger partial charge in [-0.3, -0.25) is 9.59 Å². The Morgan fingerprint density at radius 2 is 1.59 bits per heavy atom. The SMILES string of the molecule is COC(=O)CCNCCNC(=O)CCNCCC[Si]12OC(C)C(O1)C(C)O2. The second-order valence-corrected chi connectivity index (χ2v) is 9.51. The van der Waals surface area contributed by atoms with Crippen molar-refractivity contribution in [3.05, 3.63) is 0 Å². The van der Waals surface area contributed by atoms with Crippen LogP contribution in [0.1, 0.15) is 33.1 Å². The molecule has 2 fully saturated rings. The van der Waals surface area contributed by atoms with Gasteiger partial charge >= 0.3 is 14.8 Å². The molecular weight excluding hydrogens is 370 g/mol. The van der Waals surface area contributed by atoms with Crippen molar-refractivity contribution >= 4 is 20.7 Å². The van der Waals surface area contributed by atoms with E-state index < -0.39 is 8.80 Å². The topological polar surface area (TPSA) is 107 Å². The largest absolute Gasteiger partial charge is 0.502 e. The number of carbonyl (C=O) groups is 2. The lowest BCUT2D eigenvalue weighted by molar-refractivity contribution is -0.140. The average molecular weight is 404 g/mol. The molecule has 0 aromatic carbocycles. The van der Waals surface area contributed by atoms with Gasteiger partial charge in [0.15, 0.2) is 0 Å². The van der Waals surface area contributed by atoms with Crippen molar-refractivity contribution in [2.24, 2.45) is 0 Å². The standard InChI is InChI=1S/C17H33N3O6Si/c1-13-17-14(2)25-27(24-13,26-17)12-4-7-18-8-5-15(21)20-11-10-19-9-6-16(22)23-3/h13-14,17-19H,4-12H2,1-3H3,(H,20,21). The van der Waals surface area contributed by atoms with Crippen LogP contribution in [-0.4, -0.2) is 78.8 Å². The van der Waals surface area contributed by atoms with E-state index in [1.165, 1.54) is 7.11 Å². The normalized spacial score (nSPS) is 29.1. The van der Waals surface area contributed by atoms with E-state index in [2.05, 4.69) is 20.7 Å². The molecule has 3 N–H and O–H groups in total. The van der Waals surface area contributed by atoms with E-state index in [4.69, 9.17) is 13.3 Å². The number of esters is 1. The Labute approximate surface area is 162 Å². The molecule has 9 nitrogen and oxygen atoms in total. The van der Waals surface area contributed by atoms with Crippen molar-refractivity contribution in [2.75, 3.05) is 39.8 Å². The van der Waals surface area contributed by atoms with Crippen molar-refractivity contribution in [3.63, 3.8) is 0 Å². The zero-order valence-electron chi connectivity index (χ0n) is 16.5. The molecule has 2 unspecified atom stereocenters. The fraction of sp³-hybridized carbons (Fsp3) is 0.882. The van der Waals surface area contributed by atoms with E-state index in [-0.39, 0.29) is 30.2 Å². The van der Waals surface area contributed by atoms with Crippen LogP contribution in [-0.2, 0) is 27.6 Å². The molecule has 2 rings (SSSR count). The first-order chi connectivity index (χ1) is 13.0. The molecule has 0 aromatic rings. The second-order valence-electron chi connectivity index (χ2n) is 6.94. The molecular formula is C17H33N3O6Si. The summed E-state index contributed by atoms with van der Waals surface area (Å²) >= 11 is 0. The van der Waals surface area contributed by atoms with Crippen molar-refractivity contribution < 1.29 is 27.6 Å². The molecule has 0 aromatic heterocycles. The smallest absolute Gasteiger partial charge is 0.469 e. The predicted octanol–water partition coefficient (Wildman–Crippen LogP) is -0.213. The quantitative estimate of drug-likeness (QED) is 0.220. The molecule has 27 heavy (non-hydrogen) atoms. The van der Waals surface area contributed by atoms with Gasteiger partial charge in [-0.05, 0) is 26.8 Å². The summed E-state index contributed by atoms with van der Waals surface area (Å²) in [6.07, 6.45) is 2.02. The van der Waals surface area contributed by atoms with E-state index in [0.29, 0.717) is 39.0 Å². The summed E-state index contributed by atoms with van der Waals surface area (Å²) in [6, 6.07) is 0.814. The number of fused-ring (bicyclic) bond motifs is 2. The van der Waals surface area contributed by atoms with Gasteiger partial charge < -0.3 is 34.0 Å². The van der Waals surface area contributed by atoms with Crippen LogP contribution >= 0.6 is 0 Å². The van der Waals surface area contributed by atoms with Crippen LogP contribution in [0.5, 0.6) is 0 Å². The lowest BCUT2D eigenvalue weighted by Gasteiger charge is -2.26. The molecule has 0 aliphatic carbocycles. The first kappa shape index (κ1) is 22.2. The van der Waals surface area contributed by atoms with Crippen LogP contribution in [0.4, 0.5) is 0 Å². The number of hydrogen-bond acceptors (Lipinski definition) is 8. The van der Waals surface area contributed by atoms with E-state index >= 15 is 0 Å². The minimum absolute atomic E-state index is 0.0114. The molecule has 10 heteroatoms. The zero-order chi connectivity index (χ0) is 19.7. The minimum atomic E-state index is -2.43. The van der Waals surface area contributed by atoms with Crippen LogP contribution in [0.2, 0.25) is 6.04 Å². The fourth-order valence-electron chi connectivity index (χ4n) is 3.29. The number of nitrogens with one attached hydrogen (secondary N) is 3. The molecule has 2 saturated heterocycles. The summed E-state index contributed by atoms with van der Waals surface area (Å²) in [6.45, 7) is 7.24. The highest BCUT2D eigenvalue weighted by Crippen LogP contribution is 2.40. The van der Waals surface area contributed by atoms with Gasteiger partial charge in [0, 0.05) is 38.6 Å². The molecule has 2 heterocycles. The number of hydrogen-bond donors (Lipinski definition) is 3. The summed E-state index contributed by atoms with van der Waals surface area (Å²) in [7, 11) is -1.07. The maximum atomic E-state index is 11.7. The predicted molar refractivity (Wildman–Crippen MR) is 101 cm³/mol. The Morgan fingerprint density at radius 3 is 2.26 bits per heavy atom. The first-order valence-electron chi connectivity index (χ1n) is 9.74. The van der Waals surface area contributed by atoms with Gasteiger partial charge in [0.1, 0.15) is 0 Å². The maximum absolute atomic E-state index is 11.7. The lowest BCUT2D eigenvalue weighted by atomic mass is 10.1. The molecule has 0 spiro atoms. The van der Waals surface area contributed by atoms with Gasteiger partial charge in [0.2, 0.25) is 5.91 Å². The van der Waals surface area contributed by atoms with Crippen LogP contribution in [0.3, 0.4) is 0 Å². The lowest BCUT2D eigenvalue weighted by Crippen LogP contribution is -2.44. The summed E-state index contributed by atoms with van der Waals surface area (Å²) in [5, 5.41) is 9.19. The van der Waals surface area contributed by atoms with Crippen molar-refractivity contribution in [3.8, 4) is 0 Å². The average Bonchev–Trinajstić information content (AvgIpc) is 3.13. The molecule has 1 amide bonds. The Bertz CT molecular complexity index is 483. The Kier molecular flexibility index (Phi) is 9.13. The molecule has 2 atom stereocenters. The molecule has 2 bridgehead atoms. The van der Waals surface area contributed by atoms with Crippen LogP contribution < -0.4 is 16.0 Å². The van der Waals surface area contributed by atoms with Gasteiger partial charge in [-0.2, -0.15) is 0 Å². The Morgan fingerprint density at radius 1 is 0.926 bits per heavy atom. The molecule has 2 aliphatic rings. The first-order valence-corrected chi connectivity index (χ1v) is 11.7. The highest BCUT2D eigenvalue weighted by Gasteiger charge is 2.60. The maximum Gasteiger partial charge on any atom is 0.502 e. The number of carbonyl (C=O) groups excluding carboxylic acids is 2. The van der Waals surface area contributed by atoms with E-state index in [1.54, 1.807) is 0 Å².